The van der Waals surface area contributed by atoms with E-state index in [0.717, 1.165) is 30.5 Å². The van der Waals surface area contributed by atoms with Gasteiger partial charge in [-0.2, -0.15) is 0 Å². The summed E-state index contributed by atoms with van der Waals surface area (Å²) in [6, 6.07) is 6.59. The Bertz CT molecular complexity index is 361. The predicted octanol–water partition coefficient (Wildman–Crippen LogP) is 4.15. The fourth-order valence-electron chi connectivity index (χ4n) is 2.71. The van der Waals surface area contributed by atoms with Gasteiger partial charge in [0.1, 0.15) is 0 Å². The summed E-state index contributed by atoms with van der Waals surface area (Å²) in [5.41, 5.74) is 1.17. The second-order valence-electron chi connectivity index (χ2n) is 5.46. The highest BCUT2D eigenvalue weighted by Gasteiger charge is 2.20. The van der Waals surface area contributed by atoms with Crippen LogP contribution >= 0.6 is 0 Å². The molecule has 0 heterocycles. The van der Waals surface area contributed by atoms with E-state index in [1.807, 2.05) is 0 Å². The minimum Gasteiger partial charge on any atom is -0.312 e. The second kappa shape index (κ2) is 6.28. The predicted molar refractivity (Wildman–Crippen MR) is 69.6 cm³/mol. The van der Waals surface area contributed by atoms with Crippen molar-refractivity contribution < 1.29 is 8.78 Å². The van der Waals surface area contributed by atoms with Crippen LogP contribution in [0.15, 0.2) is 24.3 Å². The summed E-state index contributed by atoms with van der Waals surface area (Å²) in [5, 5.41) is 3.43. The molecule has 18 heavy (non-hydrogen) atoms. The van der Waals surface area contributed by atoms with Crippen LogP contribution in [-0.2, 0) is 6.54 Å². The summed E-state index contributed by atoms with van der Waals surface area (Å²) < 4.78 is 24.8. The fraction of sp³-hybridized carbons (Fsp3) is 0.600. The summed E-state index contributed by atoms with van der Waals surface area (Å²) in [5.74, 6) is 1.66. The third kappa shape index (κ3) is 3.77. The van der Waals surface area contributed by atoms with E-state index in [4.69, 9.17) is 0 Å². The fourth-order valence-corrected chi connectivity index (χ4v) is 2.71. The molecule has 1 saturated carbocycles. The minimum absolute atomic E-state index is 0.100. The highest BCUT2D eigenvalue weighted by atomic mass is 19.3. The van der Waals surface area contributed by atoms with Crippen LogP contribution in [0, 0.1) is 11.8 Å². The van der Waals surface area contributed by atoms with E-state index in [-0.39, 0.29) is 5.56 Å². The standard InChI is InChI=1S/C15H21F2N/c1-11-2-3-13(8-11)10-18-9-12-4-6-14(7-5-12)15(16)17/h4-7,11,13,15,18H,2-3,8-10H2,1H3. The van der Waals surface area contributed by atoms with Crippen LogP contribution in [-0.4, -0.2) is 6.54 Å². The van der Waals surface area contributed by atoms with E-state index >= 15 is 0 Å². The van der Waals surface area contributed by atoms with Crippen LogP contribution in [0.1, 0.15) is 43.7 Å². The highest BCUT2D eigenvalue weighted by molar-refractivity contribution is 5.23. The van der Waals surface area contributed by atoms with Crippen LogP contribution in [0.25, 0.3) is 0 Å². The van der Waals surface area contributed by atoms with Crippen molar-refractivity contribution in [2.45, 2.75) is 39.2 Å². The zero-order valence-corrected chi connectivity index (χ0v) is 10.8. The smallest absolute Gasteiger partial charge is 0.263 e. The van der Waals surface area contributed by atoms with Crippen molar-refractivity contribution in [2.75, 3.05) is 6.54 Å². The van der Waals surface area contributed by atoms with Crippen LogP contribution in [0.3, 0.4) is 0 Å². The van der Waals surface area contributed by atoms with E-state index in [9.17, 15) is 8.78 Å². The van der Waals surface area contributed by atoms with E-state index in [1.54, 1.807) is 12.1 Å². The number of rotatable bonds is 5. The van der Waals surface area contributed by atoms with E-state index in [1.165, 1.54) is 31.4 Å². The van der Waals surface area contributed by atoms with Gasteiger partial charge in [0.25, 0.3) is 6.43 Å². The number of benzene rings is 1. The molecule has 0 aliphatic heterocycles. The quantitative estimate of drug-likeness (QED) is 0.831. The largest absolute Gasteiger partial charge is 0.312 e. The molecule has 0 bridgehead atoms. The molecule has 0 amide bonds. The lowest BCUT2D eigenvalue weighted by Gasteiger charge is -2.11. The highest BCUT2D eigenvalue weighted by Crippen LogP contribution is 2.29. The first-order valence-corrected chi connectivity index (χ1v) is 6.73. The Morgan fingerprint density at radius 3 is 2.50 bits per heavy atom. The molecule has 3 heteroatoms. The molecule has 1 aromatic rings. The van der Waals surface area contributed by atoms with E-state index in [0.29, 0.717) is 0 Å². The van der Waals surface area contributed by atoms with Crippen molar-refractivity contribution >= 4 is 0 Å². The van der Waals surface area contributed by atoms with Crippen LogP contribution < -0.4 is 5.32 Å². The van der Waals surface area contributed by atoms with Crippen molar-refractivity contribution in [3.8, 4) is 0 Å². The lowest BCUT2D eigenvalue weighted by molar-refractivity contribution is 0.151. The monoisotopic (exact) mass is 253 g/mol. The molecule has 1 aliphatic rings. The molecule has 0 saturated heterocycles. The SMILES string of the molecule is CC1CCC(CNCc2ccc(C(F)F)cc2)C1. The summed E-state index contributed by atoms with van der Waals surface area (Å²) in [6.45, 7) is 4.12. The first-order chi connectivity index (χ1) is 8.65. The number of alkyl halides is 2. The van der Waals surface area contributed by atoms with Crippen LogP contribution in [0.2, 0.25) is 0 Å². The van der Waals surface area contributed by atoms with Crippen LogP contribution in [0.5, 0.6) is 0 Å². The molecule has 1 fully saturated rings. The van der Waals surface area contributed by atoms with Gasteiger partial charge in [0.2, 0.25) is 0 Å². The lowest BCUT2D eigenvalue weighted by Crippen LogP contribution is -2.20. The summed E-state index contributed by atoms with van der Waals surface area (Å²) in [6.07, 6.45) is 1.61. The molecule has 0 radical (unpaired) electrons. The molecule has 1 N–H and O–H groups in total. The average Bonchev–Trinajstić information content (AvgIpc) is 2.76. The van der Waals surface area contributed by atoms with Gasteiger partial charge in [0.15, 0.2) is 0 Å². The Labute approximate surface area is 108 Å². The second-order valence-corrected chi connectivity index (χ2v) is 5.46. The van der Waals surface area contributed by atoms with Gasteiger partial charge in [-0.15, -0.1) is 0 Å². The van der Waals surface area contributed by atoms with Gasteiger partial charge in [0, 0.05) is 12.1 Å². The number of hydrogen-bond donors (Lipinski definition) is 1. The zero-order chi connectivity index (χ0) is 13.0. The topological polar surface area (TPSA) is 12.0 Å². The molecular formula is C15H21F2N. The molecule has 2 unspecified atom stereocenters. The Balaban J connectivity index is 1.73. The third-order valence-corrected chi connectivity index (χ3v) is 3.80. The summed E-state index contributed by atoms with van der Waals surface area (Å²) in [7, 11) is 0. The number of hydrogen-bond acceptors (Lipinski definition) is 1. The molecular weight excluding hydrogens is 232 g/mol. The van der Waals surface area contributed by atoms with E-state index < -0.39 is 6.43 Å². The maximum absolute atomic E-state index is 12.4. The number of nitrogens with one attached hydrogen (secondary N) is 1. The first kappa shape index (κ1) is 13.5. The van der Waals surface area contributed by atoms with Crippen molar-refractivity contribution in [3.63, 3.8) is 0 Å². The molecule has 2 rings (SSSR count). The molecule has 0 spiro atoms. The van der Waals surface area contributed by atoms with E-state index in [2.05, 4.69) is 12.2 Å². The molecule has 1 aromatic carbocycles. The van der Waals surface area contributed by atoms with Gasteiger partial charge in [0.05, 0.1) is 0 Å². The van der Waals surface area contributed by atoms with Crippen molar-refractivity contribution in [2.24, 2.45) is 11.8 Å². The maximum Gasteiger partial charge on any atom is 0.263 e. The molecule has 100 valence electrons. The molecule has 1 nitrogen and oxygen atoms in total. The number of halogens is 2. The summed E-state index contributed by atoms with van der Waals surface area (Å²) >= 11 is 0. The Hall–Kier alpha value is -0.960. The Kier molecular flexibility index (Phi) is 4.70. The lowest BCUT2D eigenvalue weighted by atomic mass is 10.1. The molecule has 2 atom stereocenters. The van der Waals surface area contributed by atoms with Gasteiger partial charge in [-0.3, -0.25) is 0 Å². The van der Waals surface area contributed by atoms with Crippen molar-refractivity contribution in [3.05, 3.63) is 35.4 Å². The van der Waals surface area contributed by atoms with Gasteiger partial charge in [-0.1, -0.05) is 37.6 Å². The Morgan fingerprint density at radius 1 is 1.22 bits per heavy atom. The first-order valence-electron chi connectivity index (χ1n) is 6.73. The molecule has 0 aromatic heterocycles. The van der Waals surface area contributed by atoms with Crippen LogP contribution in [0.4, 0.5) is 8.78 Å². The van der Waals surface area contributed by atoms with Crippen molar-refractivity contribution in [1.82, 2.24) is 5.32 Å². The zero-order valence-electron chi connectivity index (χ0n) is 10.8. The normalized spacial score (nSPS) is 23.8. The van der Waals surface area contributed by atoms with Gasteiger partial charge in [-0.05, 0) is 36.8 Å². The average molecular weight is 253 g/mol. The third-order valence-electron chi connectivity index (χ3n) is 3.80. The van der Waals surface area contributed by atoms with Gasteiger partial charge >= 0.3 is 0 Å². The maximum atomic E-state index is 12.4. The minimum atomic E-state index is -2.37. The Morgan fingerprint density at radius 2 is 1.94 bits per heavy atom. The molecule has 1 aliphatic carbocycles. The van der Waals surface area contributed by atoms with Gasteiger partial charge in [-0.25, -0.2) is 8.78 Å². The van der Waals surface area contributed by atoms with Crippen molar-refractivity contribution in [1.29, 1.82) is 0 Å². The van der Waals surface area contributed by atoms with Gasteiger partial charge < -0.3 is 5.32 Å². The summed E-state index contributed by atoms with van der Waals surface area (Å²) in [4.78, 5) is 0.